The van der Waals surface area contributed by atoms with Crippen molar-refractivity contribution < 1.29 is 9.72 Å². The second kappa shape index (κ2) is 7.14. The number of benzene rings is 2. The van der Waals surface area contributed by atoms with E-state index in [1.54, 1.807) is 0 Å². The number of hydrogen-bond acceptors (Lipinski definition) is 5. The number of carbonyl (C=O) groups excluding carboxylic acids is 1. The number of aromatic nitrogens is 2. The zero-order chi connectivity index (χ0) is 18.7. The van der Waals surface area contributed by atoms with Crippen molar-refractivity contribution in [1.82, 2.24) is 14.9 Å². The number of rotatable bonds is 5. The van der Waals surface area contributed by atoms with Crippen LogP contribution in [0, 0.1) is 10.1 Å². The molecular formula is C18H16N4O4. The van der Waals surface area contributed by atoms with E-state index in [2.05, 4.69) is 10.3 Å². The van der Waals surface area contributed by atoms with Crippen molar-refractivity contribution in [3.63, 3.8) is 0 Å². The van der Waals surface area contributed by atoms with Crippen LogP contribution in [0.3, 0.4) is 0 Å². The number of hydrogen-bond donors (Lipinski definition) is 1. The molecule has 0 aliphatic carbocycles. The van der Waals surface area contributed by atoms with Crippen LogP contribution in [0.2, 0.25) is 0 Å². The first-order valence-electron chi connectivity index (χ1n) is 7.93. The molecule has 0 radical (unpaired) electrons. The molecule has 1 atom stereocenters. The van der Waals surface area contributed by atoms with E-state index in [0.717, 1.165) is 5.56 Å². The van der Waals surface area contributed by atoms with E-state index in [9.17, 15) is 19.7 Å². The van der Waals surface area contributed by atoms with Crippen molar-refractivity contribution in [3.8, 4) is 0 Å². The summed E-state index contributed by atoms with van der Waals surface area (Å²) in [5.74, 6) is -0.327. The molecule has 0 aliphatic rings. The zero-order valence-corrected chi connectivity index (χ0v) is 14.0. The molecule has 1 N–H and O–H groups in total. The smallest absolute Gasteiger partial charge is 0.271 e. The van der Waals surface area contributed by atoms with Gasteiger partial charge in [0.05, 0.1) is 28.2 Å². The Kier molecular flexibility index (Phi) is 4.74. The quantitative estimate of drug-likeness (QED) is 0.559. The second-order valence-corrected chi connectivity index (χ2v) is 5.84. The van der Waals surface area contributed by atoms with Crippen LogP contribution in [0.15, 0.2) is 59.7 Å². The van der Waals surface area contributed by atoms with Crippen LogP contribution in [0.4, 0.5) is 5.69 Å². The third-order valence-corrected chi connectivity index (χ3v) is 4.01. The van der Waals surface area contributed by atoms with Gasteiger partial charge < -0.3 is 5.32 Å². The summed E-state index contributed by atoms with van der Waals surface area (Å²) in [7, 11) is 0. The minimum Gasteiger partial charge on any atom is -0.348 e. The van der Waals surface area contributed by atoms with E-state index in [1.807, 2.05) is 37.3 Å². The number of amides is 1. The summed E-state index contributed by atoms with van der Waals surface area (Å²) in [6.45, 7) is 1.67. The average molecular weight is 352 g/mol. The van der Waals surface area contributed by atoms with Gasteiger partial charge in [-0.15, -0.1) is 0 Å². The van der Waals surface area contributed by atoms with Crippen molar-refractivity contribution in [3.05, 3.63) is 80.9 Å². The van der Waals surface area contributed by atoms with E-state index in [4.69, 9.17) is 0 Å². The van der Waals surface area contributed by atoms with E-state index in [-0.39, 0.29) is 35.1 Å². The summed E-state index contributed by atoms with van der Waals surface area (Å²) in [5.41, 5.74) is 0.611. The molecule has 3 aromatic rings. The van der Waals surface area contributed by atoms with E-state index in [1.165, 1.54) is 29.1 Å². The number of nitro groups is 1. The Morgan fingerprint density at radius 1 is 1.27 bits per heavy atom. The van der Waals surface area contributed by atoms with Gasteiger partial charge in [0.1, 0.15) is 6.54 Å². The molecule has 2 aromatic carbocycles. The molecule has 0 bridgehead atoms. The topological polar surface area (TPSA) is 107 Å². The SMILES string of the molecule is CC(NC(=O)Cn1cnc2cc([N+](=O)[O-])ccc2c1=O)c1ccccc1. The minimum absolute atomic E-state index is 0.142. The third-order valence-electron chi connectivity index (χ3n) is 4.01. The summed E-state index contributed by atoms with van der Waals surface area (Å²) in [6.07, 6.45) is 1.22. The first-order chi connectivity index (χ1) is 12.5. The molecule has 26 heavy (non-hydrogen) atoms. The summed E-state index contributed by atoms with van der Waals surface area (Å²) >= 11 is 0. The fraction of sp³-hybridized carbons (Fsp3) is 0.167. The molecule has 1 aromatic heterocycles. The summed E-state index contributed by atoms with van der Waals surface area (Å²) in [4.78, 5) is 39.0. The van der Waals surface area contributed by atoms with Gasteiger partial charge in [-0.3, -0.25) is 24.3 Å². The number of non-ortho nitro benzene ring substituents is 1. The van der Waals surface area contributed by atoms with Gasteiger partial charge in [0, 0.05) is 12.1 Å². The molecule has 8 heteroatoms. The third kappa shape index (κ3) is 3.59. The average Bonchev–Trinajstić information content (AvgIpc) is 2.64. The number of carbonyl (C=O) groups is 1. The van der Waals surface area contributed by atoms with Gasteiger partial charge in [0.25, 0.3) is 11.2 Å². The maximum atomic E-state index is 12.5. The van der Waals surface area contributed by atoms with Crippen LogP contribution in [0.25, 0.3) is 10.9 Å². The number of fused-ring (bicyclic) bond motifs is 1. The normalized spacial score (nSPS) is 11.9. The van der Waals surface area contributed by atoms with Crippen molar-refractivity contribution in [2.24, 2.45) is 0 Å². The van der Waals surface area contributed by atoms with Crippen LogP contribution in [0.1, 0.15) is 18.5 Å². The summed E-state index contributed by atoms with van der Waals surface area (Å²) < 4.78 is 1.18. The lowest BCUT2D eigenvalue weighted by Crippen LogP contribution is -2.33. The lowest BCUT2D eigenvalue weighted by molar-refractivity contribution is -0.384. The van der Waals surface area contributed by atoms with Crippen molar-refractivity contribution in [1.29, 1.82) is 0 Å². The van der Waals surface area contributed by atoms with Crippen LogP contribution in [-0.2, 0) is 11.3 Å². The molecule has 0 fully saturated rings. The minimum atomic E-state index is -0.551. The van der Waals surface area contributed by atoms with Gasteiger partial charge in [0.2, 0.25) is 5.91 Å². The first kappa shape index (κ1) is 17.3. The number of nitro benzene ring substituents is 1. The molecule has 1 heterocycles. The zero-order valence-electron chi connectivity index (χ0n) is 14.0. The molecule has 1 amide bonds. The Morgan fingerprint density at radius 2 is 2.00 bits per heavy atom. The van der Waals surface area contributed by atoms with Crippen LogP contribution < -0.4 is 10.9 Å². The molecule has 0 saturated carbocycles. The Balaban J connectivity index is 1.79. The van der Waals surface area contributed by atoms with E-state index < -0.39 is 10.5 Å². The molecule has 1 unspecified atom stereocenters. The number of nitrogens with zero attached hydrogens (tertiary/aromatic N) is 3. The fourth-order valence-corrected chi connectivity index (χ4v) is 2.64. The predicted octanol–water partition coefficient (Wildman–Crippen LogP) is 2.18. The van der Waals surface area contributed by atoms with Gasteiger partial charge in [0.15, 0.2) is 0 Å². The molecule has 8 nitrogen and oxygen atoms in total. The molecule has 132 valence electrons. The number of nitrogens with one attached hydrogen (secondary N) is 1. The highest BCUT2D eigenvalue weighted by atomic mass is 16.6. The molecular weight excluding hydrogens is 336 g/mol. The van der Waals surface area contributed by atoms with Crippen LogP contribution in [-0.4, -0.2) is 20.4 Å². The molecule has 0 saturated heterocycles. The van der Waals surface area contributed by atoms with Gasteiger partial charge in [-0.2, -0.15) is 0 Å². The van der Waals surface area contributed by atoms with Gasteiger partial charge >= 0.3 is 0 Å². The van der Waals surface area contributed by atoms with Crippen molar-refractivity contribution in [2.75, 3.05) is 0 Å². The highest BCUT2D eigenvalue weighted by molar-refractivity contribution is 5.80. The van der Waals surface area contributed by atoms with Crippen molar-refractivity contribution >= 4 is 22.5 Å². The highest BCUT2D eigenvalue weighted by Crippen LogP contribution is 2.16. The van der Waals surface area contributed by atoms with Crippen LogP contribution >= 0.6 is 0 Å². The maximum absolute atomic E-state index is 12.5. The maximum Gasteiger partial charge on any atom is 0.271 e. The van der Waals surface area contributed by atoms with Crippen molar-refractivity contribution in [2.45, 2.75) is 19.5 Å². The Morgan fingerprint density at radius 3 is 2.69 bits per heavy atom. The summed E-state index contributed by atoms with van der Waals surface area (Å²) in [5, 5.41) is 13.9. The lowest BCUT2D eigenvalue weighted by atomic mass is 10.1. The van der Waals surface area contributed by atoms with Gasteiger partial charge in [-0.1, -0.05) is 30.3 Å². The predicted molar refractivity (Wildman–Crippen MR) is 95.7 cm³/mol. The highest BCUT2D eigenvalue weighted by Gasteiger charge is 2.13. The Hall–Kier alpha value is -3.55. The van der Waals surface area contributed by atoms with Gasteiger partial charge in [-0.05, 0) is 18.6 Å². The second-order valence-electron chi connectivity index (χ2n) is 5.84. The lowest BCUT2D eigenvalue weighted by Gasteiger charge is -2.15. The summed E-state index contributed by atoms with van der Waals surface area (Å²) in [6, 6.07) is 13.1. The van der Waals surface area contributed by atoms with E-state index in [0.29, 0.717) is 0 Å². The molecule has 0 aliphatic heterocycles. The standard InChI is InChI=1S/C18H16N4O4/c1-12(13-5-3-2-4-6-13)20-17(23)10-21-11-19-16-9-14(22(25)26)7-8-15(16)18(21)24/h2-9,11-12H,10H2,1H3,(H,20,23). The molecule has 3 rings (SSSR count). The Labute approximate surface area is 148 Å². The van der Waals surface area contributed by atoms with Crippen LogP contribution in [0.5, 0.6) is 0 Å². The first-order valence-corrected chi connectivity index (χ1v) is 7.93. The fourth-order valence-electron chi connectivity index (χ4n) is 2.64. The Bertz CT molecular complexity index is 1030. The van der Waals surface area contributed by atoms with E-state index >= 15 is 0 Å². The van der Waals surface area contributed by atoms with Gasteiger partial charge in [-0.25, -0.2) is 4.98 Å². The largest absolute Gasteiger partial charge is 0.348 e. The monoisotopic (exact) mass is 352 g/mol. The molecule has 0 spiro atoms.